The van der Waals surface area contributed by atoms with Crippen LogP contribution in [0.25, 0.3) is 0 Å². The topological polar surface area (TPSA) is 75.9 Å². The van der Waals surface area contributed by atoms with Gasteiger partial charge in [0.25, 0.3) is 0 Å². The van der Waals surface area contributed by atoms with Crippen molar-refractivity contribution in [2.24, 2.45) is 5.73 Å². The van der Waals surface area contributed by atoms with E-state index in [2.05, 4.69) is 20.6 Å². The van der Waals surface area contributed by atoms with Crippen molar-refractivity contribution in [3.05, 3.63) is 46.6 Å². The summed E-state index contributed by atoms with van der Waals surface area (Å²) in [5, 5.41) is 6.79. The summed E-state index contributed by atoms with van der Waals surface area (Å²) in [5.41, 5.74) is 8.16. The zero-order valence-electron chi connectivity index (χ0n) is 14.2. The largest absolute Gasteiger partial charge is 0.378 e. The van der Waals surface area contributed by atoms with Crippen LogP contribution in [-0.2, 0) is 6.54 Å². The number of hydrogen-bond donors (Lipinski definition) is 3. The van der Waals surface area contributed by atoms with E-state index in [0.717, 1.165) is 36.8 Å². The van der Waals surface area contributed by atoms with Gasteiger partial charge in [-0.05, 0) is 55.8 Å². The van der Waals surface area contributed by atoms with Crippen molar-refractivity contribution in [2.45, 2.75) is 51.2 Å². The molecular weight excluding hydrogens is 341 g/mol. The summed E-state index contributed by atoms with van der Waals surface area (Å²) in [5.74, 6) is 0.424. The first-order valence-corrected chi connectivity index (χ1v) is 8.93. The molecule has 1 aromatic heterocycles. The molecule has 0 unspecified atom stereocenters. The van der Waals surface area contributed by atoms with Crippen LogP contribution in [0.2, 0.25) is 5.28 Å². The number of rotatable bonds is 5. The second kappa shape index (κ2) is 7.97. The van der Waals surface area contributed by atoms with Crippen LogP contribution in [0.5, 0.6) is 0 Å². The van der Waals surface area contributed by atoms with Gasteiger partial charge in [-0.1, -0.05) is 12.1 Å². The van der Waals surface area contributed by atoms with Gasteiger partial charge >= 0.3 is 0 Å². The van der Waals surface area contributed by atoms with Crippen molar-refractivity contribution in [3.63, 3.8) is 0 Å². The third-order valence-electron chi connectivity index (χ3n) is 4.63. The van der Waals surface area contributed by atoms with E-state index in [1.54, 1.807) is 12.3 Å². The van der Waals surface area contributed by atoms with E-state index in [4.69, 9.17) is 17.3 Å². The van der Waals surface area contributed by atoms with Gasteiger partial charge in [0, 0.05) is 30.4 Å². The Morgan fingerprint density at radius 1 is 1.28 bits per heavy atom. The molecular formula is C18H23ClFN5. The highest BCUT2D eigenvalue weighted by atomic mass is 35.5. The highest BCUT2D eigenvalue weighted by Crippen LogP contribution is 2.25. The Kier molecular flexibility index (Phi) is 5.71. The van der Waals surface area contributed by atoms with Crippen LogP contribution in [0.4, 0.5) is 15.9 Å². The molecule has 0 amide bonds. The average molecular weight is 364 g/mol. The molecule has 0 atom stereocenters. The monoisotopic (exact) mass is 363 g/mol. The van der Waals surface area contributed by atoms with Gasteiger partial charge in [-0.3, -0.25) is 0 Å². The van der Waals surface area contributed by atoms with Crippen molar-refractivity contribution < 1.29 is 4.39 Å². The molecule has 1 aliphatic rings. The molecule has 1 aliphatic carbocycles. The Morgan fingerprint density at radius 3 is 2.76 bits per heavy atom. The van der Waals surface area contributed by atoms with Crippen molar-refractivity contribution in [3.8, 4) is 0 Å². The highest BCUT2D eigenvalue weighted by Gasteiger charge is 2.20. The number of benzene rings is 1. The zero-order valence-corrected chi connectivity index (χ0v) is 15.0. The van der Waals surface area contributed by atoms with E-state index in [9.17, 15) is 4.39 Å². The minimum Gasteiger partial charge on any atom is -0.378 e. The van der Waals surface area contributed by atoms with Gasteiger partial charge in [0.15, 0.2) is 0 Å². The van der Waals surface area contributed by atoms with Gasteiger partial charge in [-0.15, -0.1) is 0 Å². The van der Waals surface area contributed by atoms with Crippen LogP contribution in [0, 0.1) is 12.7 Å². The summed E-state index contributed by atoms with van der Waals surface area (Å²) >= 11 is 5.96. The standard InChI is InChI=1S/C18H23ClFN5/c1-11-3-2-4-15(20)16(11)22-9-12-10-23-18(19)25-17(12)24-14-7-5-13(21)6-8-14/h2-4,10,13-14,22H,5-9,21H2,1H3,(H,23,24,25)/t13-,14+. The first-order valence-electron chi connectivity index (χ1n) is 8.55. The van der Waals surface area contributed by atoms with Crippen LogP contribution in [-0.4, -0.2) is 22.1 Å². The second-order valence-corrected chi connectivity index (χ2v) is 6.89. The van der Waals surface area contributed by atoms with E-state index in [1.165, 1.54) is 6.07 Å². The summed E-state index contributed by atoms with van der Waals surface area (Å²) in [6.45, 7) is 2.28. The first-order chi connectivity index (χ1) is 12.0. The van der Waals surface area contributed by atoms with Gasteiger partial charge < -0.3 is 16.4 Å². The van der Waals surface area contributed by atoms with E-state index >= 15 is 0 Å². The molecule has 25 heavy (non-hydrogen) atoms. The molecule has 0 spiro atoms. The van der Waals surface area contributed by atoms with Crippen molar-refractivity contribution >= 4 is 23.1 Å². The Bertz CT molecular complexity index is 711. The normalized spacial score (nSPS) is 20.3. The molecule has 1 saturated carbocycles. The molecule has 3 rings (SSSR count). The van der Waals surface area contributed by atoms with Crippen LogP contribution < -0.4 is 16.4 Å². The number of hydrogen-bond acceptors (Lipinski definition) is 5. The van der Waals surface area contributed by atoms with Crippen LogP contribution >= 0.6 is 11.6 Å². The molecule has 4 N–H and O–H groups in total. The molecule has 1 fully saturated rings. The maximum absolute atomic E-state index is 14.0. The summed E-state index contributed by atoms with van der Waals surface area (Å²) in [4.78, 5) is 8.38. The van der Waals surface area contributed by atoms with E-state index in [1.807, 2.05) is 13.0 Å². The quantitative estimate of drug-likeness (QED) is 0.703. The minimum atomic E-state index is -0.273. The van der Waals surface area contributed by atoms with Crippen LogP contribution in [0.15, 0.2) is 24.4 Å². The molecule has 1 heterocycles. The zero-order chi connectivity index (χ0) is 17.8. The van der Waals surface area contributed by atoms with Gasteiger partial charge in [0.2, 0.25) is 5.28 Å². The summed E-state index contributed by atoms with van der Waals surface area (Å²) < 4.78 is 14.0. The Balaban J connectivity index is 1.73. The predicted molar refractivity (Wildman–Crippen MR) is 99.4 cm³/mol. The molecule has 134 valence electrons. The number of anilines is 2. The lowest BCUT2D eigenvalue weighted by Gasteiger charge is -2.28. The maximum Gasteiger partial charge on any atom is 0.224 e. The molecule has 0 saturated heterocycles. The lowest BCUT2D eigenvalue weighted by atomic mass is 9.92. The Labute approximate surface area is 152 Å². The molecule has 2 aromatic rings. The molecule has 7 heteroatoms. The van der Waals surface area contributed by atoms with E-state index in [0.29, 0.717) is 24.1 Å². The third-order valence-corrected chi connectivity index (χ3v) is 4.81. The van der Waals surface area contributed by atoms with Gasteiger partial charge in [0.1, 0.15) is 11.6 Å². The van der Waals surface area contributed by atoms with Gasteiger partial charge in [0.05, 0.1) is 5.69 Å². The van der Waals surface area contributed by atoms with Crippen LogP contribution in [0.3, 0.4) is 0 Å². The lowest BCUT2D eigenvalue weighted by Crippen LogP contribution is -2.33. The van der Waals surface area contributed by atoms with Gasteiger partial charge in [-0.2, -0.15) is 0 Å². The second-order valence-electron chi connectivity index (χ2n) is 6.55. The van der Waals surface area contributed by atoms with E-state index in [-0.39, 0.29) is 17.1 Å². The molecule has 0 radical (unpaired) electrons. The number of aromatic nitrogens is 2. The third kappa shape index (κ3) is 4.58. The fraction of sp³-hybridized carbons (Fsp3) is 0.444. The SMILES string of the molecule is Cc1cccc(F)c1NCc1cnc(Cl)nc1N[C@H]1CC[C@@H](N)CC1. The summed E-state index contributed by atoms with van der Waals surface area (Å²) in [6, 6.07) is 5.62. The fourth-order valence-corrected chi connectivity index (χ4v) is 3.27. The lowest BCUT2D eigenvalue weighted by molar-refractivity contribution is 0.410. The average Bonchev–Trinajstić information content (AvgIpc) is 2.58. The predicted octanol–water partition coefficient (Wildman–Crippen LogP) is 3.87. The Morgan fingerprint density at radius 2 is 2.04 bits per heavy atom. The number of nitrogens with two attached hydrogens (primary N) is 1. The number of para-hydroxylation sites is 1. The highest BCUT2D eigenvalue weighted by molar-refractivity contribution is 6.28. The molecule has 5 nitrogen and oxygen atoms in total. The summed E-state index contributed by atoms with van der Waals surface area (Å²) in [7, 11) is 0. The molecule has 1 aromatic carbocycles. The molecule has 0 bridgehead atoms. The number of halogens is 2. The van der Waals surface area contributed by atoms with Crippen molar-refractivity contribution in [1.29, 1.82) is 0 Å². The van der Waals surface area contributed by atoms with Crippen molar-refractivity contribution in [2.75, 3.05) is 10.6 Å². The van der Waals surface area contributed by atoms with Gasteiger partial charge in [-0.25, -0.2) is 14.4 Å². The van der Waals surface area contributed by atoms with Crippen LogP contribution in [0.1, 0.15) is 36.8 Å². The number of aryl methyl sites for hydroxylation is 1. The fourth-order valence-electron chi connectivity index (χ4n) is 3.14. The minimum absolute atomic E-state index is 0.195. The number of nitrogens with zero attached hydrogens (tertiary/aromatic N) is 2. The smallest absolute Gasteiger partial charge is 0.224 e. The van der Waals surface area contributed by atoms with E-state index < -0.39 is 0 Å². The number of nitrogens with one attached hydrogen (secondary N) is 2. The first kappa shape index (κ1) is 17.9. The van der Waals surface area contributed by atoms with Crippen molar-refractivity contribution in [1.82, 2.24) is 9.97 Å². The summed E-state index contributed by atoms with van der Waals surface area (Å²) in [6.07, 6.45) is 5.68. The maximum atomic E-state index is 14.0. The Hall–Kier alpha value is -1.92. The molecule has 0 aliphatic heterocycles.